The van der Waals surface area contributed by atoms with Gasteiger partial charge in [0.15, 0.2) is 0 Å². The van der Waals surface area contributed by atoms with Gasteiger partial charge in [-0.3, -0.25) is 4.90 Å². The molecule has 0 aliphatic carbocycles. The molecule has 0 aromatic carbocycles. The van der Waals surface area contributed by atoms with Crippen LogP contribution in [0.1, 0.15) is 55.6 Å². The zero-order valence-corrected chi connectivity index (χ0v) is 11.9. The van der Waals surface area contributed by atoms with E-state index in [1.807, 2.05) is 6.07 Å². The summed E-state index contributed by atoms with van der Waals surface area (Å²) in [7, 11) is 0. The van der Waals surface area contributed by atoms with Crippen molar-refractivity contribution in [2.75, 3.05) is 13.1 Å². The van der Waals surface area contributed by atoms with Crippen molar-refractivity contribution in [3.05, 3.63) is 29.6 Å². The molecule has 4 nitrogen and oxygen atoms in total. The van der Waals surface area contributed by atoms with E-state index < -0.39 is 5.97 Å². The Balaban J connectivity index is 2.65. The Bertz CT molecular complexity index is 385. The number of nitrogens with zero attached hydrogens (tertiary/aromatic N) is 2. The molecular weight excluding hydrogens is 240 g/mol. The average molecular weight is 264 g/mol. The van der Waals surface area contributed by atoms with Crippen LogP contribution in [0.4, 0.5) is 0 Å². The van der Waals surface area contributed by atoms with Crippen molar-refractivity contribution >= 4 is 5.97 Å². The number of carboxylic acid groups (broad SMARTS) is 1. The Morgan fingerprint density at radius 3 is 2.42 bits per heavy atom. The van der Waals surface area contributed by atoms with Crippen LogP contribution in [-0.4, -0.2) is 34.0 Å². The second-order valence-electron chi connectivity index (χ2n) is 4.84. The zero-order chi connectivity index (χ0) is 14.1. The molecule has 0 bridgehead atoms. The van der Waals surface area contributed by atoms with Gasteiger partial charge in [0.05, 0.1) is 0 Å². The second-order valence-corrected chi connectivity index (χ2v) is 4.84. The molecule has 1 heterocycles. The molecule has 0 unspecified atom stereocenters. The number of hydrogen-bond donors (Lipinski definition) is 1. The van der Waals surface area contributed by atoms with E-state index in [0.717, 1.165) is 25.2 Å². The molecule has 0 spiro atoms. The summed E-state index contributed by atoms with van der Waals surface area (Å²) in [6.45, 7) is 7.32. The van der Waals surface area contributed by atoms with E-state index in [2.05, 4.69) is 23.7 Å². The number of carboxylic acids is 1. The minimum Gasteiger partial charge on any atom is -0.477 e. The number of aromatic nitrogens is 1. The number of rotatable bonds is 9. The Kier molecular flexibility index (Phi) is 7.11. The minimum atomic E-state index is -0.962. The summed E-state index contributed by atoms with van der Waals surface area (Å²) in [6.07, 6.45) is 6.30. The van der Waals surface area contributed by atoms with Crippen LogP contribution in [0.25, 0.3) is 0 Å². The minimum absolute atomic E-state index is 0.128. The van der Waals surface area contributed by atoms with E-state index >= 15 is 0 Å². The van der Waals surface area contributed by atoms with Crippen molar-refractivity contribution in [1.82, 2.24) is 9.88 Å². The summed E-state index contributed by atoms with van der Waals surface area (Å²) >= 11 is 0. The lowest BCUT2D eigenvalue weighted by molar-refractivity contribution is 0.0690. The van der Waals surface area contributed by atoms with Crippen molar-refractivity contribution in [2.45, 2.75) is 46.1 Å². The molecule has 0 aliphatic rings. The zero-order valence-electron chi connectivity index (χ0n) is 11.9. The van der Waals surface area contributed by atoms with Gasteiger partial charge >= 0.3 is 5.97 Å². The van der Waals surface area contributed by atoms with Gasteiger partial charge < -0.3 is 5.11 Å². The maximum absolute atomic E-state index is 10.9. The van der Waals surface area contributed by atoms with Gasteiger partial charge in [-0.2, -0.15) is 0 Å². The maximum Gasteiger partial charge on any atom is 0.354 e. The summed E-state index contributed by atoms with van der Waals surface area (Å²) < 4.78 is 0. The molecule has 0 saturated carbocycles. The molecule has 1 rings (SSSR count). The van der Waals surface area contributed by atoms with Crippen molar-refractivity contribution in [3.63, 3.8) is 0 Å². The number of aromatic carboxylic acids is 1. The molecule has 0 aliphatic heterocycles. The lowest BCUT2D eigenvalue weighted by Crippen LogP contribution is -2.25. The summed E-state index contributed by atoms with van der Waals surface area (Å²) in [4.78, 5) is 17.2. The summed E-state index contributed by atoms with van der Waals surface area (Å²) in [5, 5.41) is 8.95. The van der Waals surface area contributed by atoms with Gasteiger partial charge in [-0.15, -0.1) is 0 Å². The number of pyridine rings is 1. The van der Waals surface area contributed by atoms with Gasteiger partial charge in [-0.05, 0) is 43.6 Å². The van der Waals surface area contributed by atoms with E-state index in [-0.39, 0.29) is 5.69 Å². The van der Waals surface area contributed by atoms with Gasteiger partial charge in [0, 0.05) is 12.7 Å². The van der Waals surface area contributed by atoms with Crippen LogP contribution < -0.4 is 0 Å². The highest BCUT2D eigenvalue weighted by Gasteiger charge is 2.08. The number of hydrogen-bond acceptors (Lipinski definition) is 3. The fraction of sp³-hybridized carbons (Fsp3) is 0.600. The first-order chi connectivity index (χ1) is 9.17. The van der Waals surface area contributed by atoms with Crippen molar-refractivity contribution in [3.8, 4) is 0 Å². The summed E-state index contributed by atoms with van der Waals surface area (Å²) in [6, 6.07) is 3.57. The topological polar surface area (TPSA) is 53.4 Å². The standard InChI is InChI=1S/C15H24N2O2/c1-3-5-9-17(10-6-4-2)12-13-7-8-16-14(11-13)15(18)19/h7-8,11H,3-6,9-10,12H2,1-2H3,(H,18,19). The van der Waals surface area contributed by atoms with Crippen LogP contribution >= 0.6 is 0 Å². The van der Waals surface area contributed by atoms with Gasteiger partial charge in [0.2, 0.25) is 0 Å². The number of unbranched alkanes of at least 4 members (excludes halogenated alkanes) is 2. The largest absolute Gasteiger partial charge is 0.477 e. The van der Waals surface area contributed by atoms with E-state index in [4.69, 9.17) is 5.11 Å². The smallest absolute Gasteiger partial charge is 0.354 e. The average Bonchev–Trinajstić information content (AvgIpc) is 2.42. The second kappa shape index (κ2) is 8.64. The lowest BCUT2D eigenvalue weighted by atomic mass is 10.2. The third kappa shape index (κ3) is 5.83. The highest BCUT2D eigenvalue weighted by Crippen LogP contribution is 2.09. The summed E-state index contributed by atoms with van der Waals surface area (Å²) in [5.41, 5.74) is 1.16. The van der Waals surface area contributed by atoms with E-state index in [9.17, 15) is 4.79 Å². The molecule has 0 radical (unpaired) electrons. The third-order valence-electron chi connectivity index (χ3n) is 3.11. The Labute approximate surface area is 115 Å². The normalized spacial score (nSPS) is 10.9. The van der Waals surface area contributed by atoms with Crippen LogP contribution in [0.5, 0.6) is 0 Å². The molecule has 106 valence electrons. The van der Waals surface area contributed by atoms with Crippen molar-refractivity contribution < 1.29 is 9.90 Å². The van der Waals surface area contributed by atoms with Crippen LogP contribution in [-0.2, 0) is 6.54 Å². The molecule has 0 atom stereocenters. The van der Waals surface area contributed by atoms with E-state index in [0.29, 0.717) is 0 Å². The molecule has 0 fully saturated rings. The predicted octanol–water partition coefficient (Wildman–Crippen LogP) is 3.18. The molecule has 0 saturated heterocycles. The first kappa shape index (κ1) is 15.6. The van der Waals surface area contributed by atoms with E-state index in [1.165, 1.54) is 25.7 Å². The quantitative estimate of drug-likeness (QED) is 0.744. The van der Waals surface area contributed by atoms with Crippen LogP contribution in [0, 0.1) is 0 Å². The number of carbonyl (C=O) groups is 1. The molecule has 0 amide bonds. The SMILES string of the molecule is CCCCN(CCCC)Cc1ccnc(C(=O)O)c1. The molecule has 1 aromatic rings. The van der Waals surface area contributed by atoms with Gasteiger partial charge in [-0.1, -0.05) is 26.7 Å². The van der Waals surface area contributed by atoms with Crippen molar-refractivity contribution in [2.24, 2.45) is 0 Å². The van der Waals surface area contributed by atoms with Gasteiger partial charge in [-0.25, -0.2) is 9.78 Å². The first-order valence-corrected chi connectivity index (χ1v) is 7.08. The highest BCUT2D eigenvalue weighted by molar-refractivity contribution is 5.85. The molecule has 1 aromatic heterocycles. The monoisotopic (exact) mass is 264 g/mol. The van der Waals surface area contributed by atoms with Gasteiger partial charge in [0.25, 0.3) is 0 Å². The van der Waals surface area contributed by atoms with Crippen LogP contribution in [0.15, 0.2) is 18.3 Å². The Morgan fingerprint density at radius 2 is 1.89 bits per heavy atom. The van der Waals surface area contributed by atoms with Gasteiger partial charge in [0.1, 0.15) is 5.69 Å². The highest BCUT2D eigenvalue weighted by atomic mass is 16.4. The maximum atomic E-state index is 10.9. The molecule has 1 N–H and O–H groups in total. The van der Waals surface area contributed by atoms with Crippen molar-refractivity contribution in [1.29, 1.82) is 0 Å². The molecular formula is C15H24N2O2. The Hall–Kier alpha value is -1.42. The first-order valence-electron chi connectivity index (χ1n) is 7.08. The van der Waals surface area contributed by atoms with Crippen LogP contribution in [0.2, 0.25) is 0 Å². The lowest BCUT2D eigenvalue weighted by Gasteiger charge is -2.22. The molecule has 19 heavy (non-hydrogen) atoms. The van der Waals surface area contributed by atoms with E-state index in [1.54, 1.807) is 12.3 Å². The predicted molar refractivity (Wildman–Crippen MR) is 76.3 cm³/mol. The van der Waals surface area contributed by atoms with Crippen LogP contribution in [0.3, 0.4) is 0 Å². The molecule has 4 heteroatoms. The fourth-order valence-electron chi connectivity index (χ4n) is 1.98. The summed E-state index contributed by atoms with van der Waals surface area (Å²) in [5.74, 6) is -0.962. The fourth-order valence-corrected chi connectivity index (χ4v) is 1.98. The Morgan fingerprint density at radius 1 is 1.26 bits per heavy atom. The third-order valence-corrected chi connectivity index (χ3v) is 3.11.